The van der Waals surface area contributed by atoms with Gasteiger partial charge in [-0.3, -0.25) is 9.69 Å². The molecule has 2 aromatic carbocycles. The average Bonchev–Trinajstić information content (AvgIpc) is 3.07. The Hall–Kier alpha value is -2.57. The fourth-order valence-electron chi connectivity index (χ4n) is 4.93. The molecule has 0 radical (unpaired) electrons. The summed E-state index contributed by atoms with van der Waals surface area (Å²) in [5.41, 5.74) is 4.70. The third-order valence-corrected chi connectivity index (χ3v) is 7.42. The Morgan fingerprint density at radius 1 is 1.21 bits per heavy atom. The summed E-state index contributed by atoms with van der Waals surface area (Å²) in [5, 5.41) is 0.694. The van der Waals surface area contributed by atoms with E-state index in [1.165, 1.54) is 23.0 Å². The standard InChI is InChI=1S/C27H33N3O2S/c1-6-30-23-13-12-20(16-22(23)19(2)18-27(30,3)4)17-24-25(31)29(14-15-32-5)26(33-24)28-21-10-8-7-9-11-21/h7-13,16-17,19H,6,14-15,18H2,1-5H3/b24-17+,28-26?. The number of amides is 1. The monoisotopic (exact) mass is 463 g/mol. The van der Waals surface area contributed by atoms with Gasteiger partial charge in [0.15, 0.2) is 5.17 Å². The Kier molecular flexibility index (Phi) is 6.96. The number of ether oxygens (including phenoxy) is 1. The van der Waals surface area contributed by atoms with Crippen LogP contribution < -0.4 is 4.90 Å². The number of para-hydroxylation sites is 1. The molecule has 0 spiro atoms. The van der Waals surface area contributed by atoms with E-state index < -0.39 is 0 Å². The van der Waals surface area contributed by atoms with Crippen LogP contribution in [0.1, 0.15) is 51.2 Å². The van der Waals surface area contributed by atoms with Crippen molar-refractivity contribution in [3.8, 4) is 0 Å². The third-order valence-electron chi connectivity index (χ3n) is 6.41. The number of rotatable bonds is 6. The molecule has 2 aliphatic rings. The summed E-state index contributed by atoms with van der Waals surface area (Å²) < 4.78 is 5.23. The minimum Gasteiger partial charge on any atom is -0.383 e. The molecule has 0 N–H and O–H groups in total. The number of carbonyl (C=O) groups excluding carboxylic acids is 1. The van der Waals surface area contributed by atoms with Crippen molar-refractivity contribution in [3.05, 3.63) is 64.6 Å². The molecule has 2 aromatic rings. The lowest BCUT2D eigenvalue weighted by Crippen LogP contribution is -2.48. The van der Waals surface area contributed by atoms with Crippen molar-refractivity contribution >= 4 is 40.3 Å². The fourth-order valence-corrected chi connectivity index (χ4v) is 5.96. The molecular weight excluding hydrogens is 430 g/mol. The van der Waals surface area contributed by atoms with Gasteiger partial charge in [0, 0.05) is 24.9 Å². The molecule has 1 fully saturated rings. The van der Waals surface area contributed by atoms with Gasteiger partial charge in [-0.05, 0) is 86.3 Å². The van der Waals surface area contributed by atoms with Crippen LogP contribution in [0.25, 0.3) is 6.08 Å². The molecule has 33 heavy (non-hydrogen) atoms. The van der Waals surface area contributed by atoms with Gasteiger partial charge in [0.2, 0.25) is 0 Å². The lowest BCUT2D eigenvalue weighted by atomic mass is 9.79. The molecule has 0 bridgehead atoms. The third kappa shape index (κ3) is 4.87. The van der Waals surface area contributed by atoms with Crippen molar-refractivity contribution in [1.29, 1.82) is 0 Å². The molecule has 0 saturated carbocycles. The number of hydrogen-bond donors (Lipinski definition) is 0. The van der Waals surface area contributed by atoms with Crippen LogP contribution in [0.3, 0.4) is 0 Å². The number of fused-ring (bicyclic) bond motifs is 1. The number of benzene rings is 2. The lowest BCUT2D eigenvalue weighted by Gasteiger charge is -2.47. The maximum atomic E-state index is 13.2. The highest BCUT2D eigenvalue weighted by atomic mass is 32.2. The van der Waals surface area contributed by atoms with Crippen LogP contribution in [0.5, 0.6) is 0 Å². The largest absolute Gasteiger partial charge is 0.383 e. The molecule has 1 saturated heterocycles. The summed E-state index contributed by atoms with van der Waals surface area (Å²) in [6.45, 7) is 11.1. The first-order chi connectivity index (χ1) is 15.8. The van der Waals surface area contributed by atoms with E-state index in [1.54, 1.807) is 12.0 Å². The van der Waals surface area contributed by atoms with E-state index in [-0.39, 0.29) is 11.4 Å². The Bertz CT molecular complexity index is 1080. The van der Waals surface area contributed by atoms with Crippen LogP contribution in [-0.4, -0.2) is 48.3 Å². The van der Waals surface area contributed by atoms with Gasteiger partial charge in [-0.25, -0.2) is 4.99 Å². The SMILES string of the molecule is CCN1c2ccc(/C=C3/SC(=Nc4ccccc4)N(CCOC)C3=O)cc2C(C)CC1(C)C. The molecule has 1 amide bonds. The summed E-state index contributed by atoms with van der Waals surface area (Å²) in [6.07, 6.45) is 3.11. The molecule has 0 aromatic heterocycles. The van der Waals surface area contributed by atoms with Gasteiger partial charge in [0.25, 0.3) is 5.91 Å². The van der Waals surface area contributed by atoms with Gasteiger partial charge in [-0.1, -0.05) is 31.2 Å². The first kappa shape index (κ1) is 23.6. The van der Waals surface area contributed by atoms with Gasteiger partial charge in [0.05, 0.1) is 23.7 Å². The summed E-state index contributed by atoms with van der Waals surface area (Å²) in [5.74, 6) is 0.449. The van der Waals surface area contributed by atoms with Gasteiger partial charge in [-0.2, -0.15) is 0 Å². The zero-order valence-corrected chi connectivity index (χ0v) is 21.0. The number of thioether (sulfide) groups is 1. The molecule has 2 aliphatic heterocycles. The minimum atomic E-state index is -0.0196. The van der Waals surface area contributed by atoms with Crippen LogP contribution in [0.15, 0.2) is 58.4 Å². The van der Waals surface area contributed by atoms with Crippen molar-refractivity contribution in [2.45, 2.75) is 45.6 Å². The van der Waals surface area contributed by atoms with Crippen LogP contribution in [0.4, 0.5) is 11.4 Å². The second-order valence-corrected chi connectivity index (χ2v) is 10.3. The highest BCUT2D eigenvalue weighted by Crippen LogP contribution is 2.44. The first-order valence-electron chi connectivity index (χ1n) is 11.6. The summed E-state index contributed by atoms with van der Waals surface area (Å²) in [4.78, 5) is 22.9. The van der Waals surface area contributed by atoms with Crippen LogP contribution in [0.2, 0.25) is 0 Å². The smallest absolute Gasteiger partial charge is 0.266 e. The van der Waals surface area contributed by atoms with E-state index in [4.69, 9.17) is 9.73 Å². The Morgan fingerprint density at radius 2 is 1.97 bits per heavy atom. The van der Waals surface area contributed by atoms with Gasteiger partial charge in [-0.15, -0.1) is 0 Å². The summed E-state index contributed by atoms with van der Waals surface area (Å²) in [6, 6.07) is 16.3. The number of nitrogens with zero attached hydrogens (tertiary/aromatic N) is 3. The zero-order valence-electron chi connectivity index (χ0n) is 20.2. The Balaban J connectivity index is 1.67. The number of methoxy groups -OCH3 is 1. The van der Waals surface area contributed by atoms with E-state index in [1.807, 2.05) is 36.4 Å². The van der Waals surface area contributed by atoms with E-state index >= 15 is 0 Å². The summed E-state index contributed by atoms with van der Waals surface area (Å²) in [7, 11) is 1.65. The zero-order chi connectivity index (χ0) is 23.6. The van der Waals surface area contributed by atoms with Crippen molar-refractivity contribution in [3.63, 3.8) is 0 Å². The topological polar surface area (TPSA) is 45.1 Å². The van der Waals surface area contributed by atoms with E-state index in [9.17, 15) is 4.79 Å². The lowest BCUT2D eigenvalue weighted by molar-refractivity contribution is -0.122. The quantitative estimate of drug-likeness (QED) is 0.489. The minimum absolute atomic E-state index is 0.0196. The van der Waals surface area contributed by atoms with Crippen molar-refractivity contribution in [1.82, 2.24) is 4.90 Å². The van der Waals surface area contributed by atoms with E-state index in [0.29, 0.717) is 29.1 Å². The van der Waals surface area contributed by atoms with Gasteiger partial charge >= 0.3 is 0 Å². The Morgan fingerprint density at radius 3 is 2.67 bits per heavy atom. The maximum Gasteiger partial charge on any atom is 0.266 e. The number of anilines is 1. The highest BCUT2D eigenvalue weighted by Gasteiger charge is 2.36. The van der Waals surface area contributed by atoms with Crippen molar-refractivity contribution in [2.75, 3.05) is 31.7 Å². The molecule has 1 atom stereocenters. The highest BCUT2D eigenvalue weighted by molar-refractivity contribution is 8.18. The second kappa shape index (κ2) is 9.74. The van der Waals surface area contributed by atoms with Crippen molar-refractivity contribution in [2.24, 2.45) is 4.99 Å². The van der Waals surface area contributed by atoms with E-state index in [0.717, 1.165) is 24.2 Å². The predicted octanol–water partition coefficient (Wildman–Crippen LogP) is 6.05. The number of amidine groups is 1. The molecule has 6 heteroatoms. The number of aliphatic imine (C=N–C) groups is 1. The second-order valence-electron chi connectivity index (χ2n) is 9.27. The average molecular weight is 464 g/mol. The van der Waals surface area contributed by atoms with E-state index in [2.05, 4.69) is 50.8 Å². The number of hydrogen-bond acceptors (Lipinski definition) is 5. The van der Waals surface area contributed by atoms with Crippen LogP contribution in [-0.2, 0) is 9.53 Å². The van der Waals surface area contributed by atoms with Gasteiger partial charge < -0.3 is 9.64 Å². The molecule has 5 nitrogen and oxygen atoms in total. The molecular formula is C27H33N3O2S. The Labute approximate surface area is 201 Å². The normalized spacial score (nSPS) is 22.3. The van der Waals surface area contributed by atoms with Crippen LogP contribution in [0, 0.1) is 0 Å². The fraction of sp³-hybridized carbons (Fsp3) is 0.407. The summed E-state index contributed by atoms with van der Waals surface area (Å²) >= 11 is 1.43. The number of carbonyl (C=O) groups is 1. The van der Waals surface area contributed by atoms with Crippen LogP contribution >= 0.6 is 11.8 Å². The van der Waals surface area contributed by atoms with Gasteiger partial charge in [0.1, 0.15) is 0 Å². The molecule has 1 unspecified atom stereocenters. The molecule has 0 aliphatic carbocycles. The predicted molar refractivity (Wildman–Crippen MR) is 139 cm³/mol. The first-order valence-corrected chi connectivity index (χ1v) is 12.4. The molecule has 4 rings (SSSR count). The molecule has 174 valence electrons. The van der Waals surface area contributed by atoms with Crippen molar-refractivity contribution < 1.29 is 9.53 Å². The maximum absolute atomic E-state index is 13.2. The molecule has 2 heterocycles.